The highest BCUT2D eigenvalue weighted by atomic mass is 32.2. The molecule has 174 valence electrons. The van der Waals surface area contributed by atoms with Crippen LogP contribution in [0.25, 0.3) is 11.1 Å². The first kappa shape index (κ1) is 21.7. The van der Waals surface area contributed by atoms with Crippen molar-refractivity contribution in [2.45, 2.75) is 62.8 Å². The maximum atomic E-state index is 12.8. The van der Waals surface area contributed by atoms with Crippen molar-refractivity contribution in [3.8, 4) is 0 Å². The molecular formula is C23H31N3O5S. The van der Waals surface area contributed by atoms with Crippen LogP contribution in [0.5, 0.6) is 0 Å². The summed E-state index contributed by atoms with van der Waals surface area (Å²) in [7, 11) is -3.58. The number of benzene rings is 1. The van der Waals surface area contributed by atoms with E-state index in [0.717, 1.165) is 38.3 Å². The summed E-state index contributed by atoms with van der Waals surface area (Å²) in [5.74, 6) is 0.896. The Morgan fingerprint density at radius 3 is 2.53 bits per heavy atom. The van der Waals surface area contributed by atoms with Crippen LogP contribution in [0.1, 0.15) is 51.4 Å². The first-order chi connectivity index (χ1) is 15.4. The number of hydrogen-bond donors (Lipinski definition) is 0. The highest BCUT2D eigenvalue weighted by molar-refractivity contribution is 7.89. The van der Waals surface area contributed by atoms with Crippen LogP contribution in [0.2, 0.25) is 0 Å². The van der Waals surface area contributed by atoms with E-state index in [9.17, 15) is 18.0 Å². The monoisotopic (exact) mass is 461 g/mol. The molecule has 2 unspecified atom stereocenters. The Kier molecular flexibility index (Phi) is 5.88. The van der Waals surface area contributed by atoms with Gasteiger partial charge in [-0.2, -0.15) is 4.31 Å². The largest absolute Gasteiger partial charge is 0.419 e. The van der Waals surface area contributed by atoms with Crippen molar-refractivity contribution in [2.24, 2.45) is 11.8 Å². The Morgan fingerprint density at radius 2 is 1.75 bits per heavy atom. The SMILES string of the molecule is O=C(CCn1c(=O)oc2cc(S(=O)(=O)N3CCCC3)ccc21)N1CCC2CCCCC2C1. The Hall–Kier alpha value is -2.13. The minimum absolute atomic E-state index is 0.0727. The molecule has 1 aromatic carbocycles. The third-order valence-corrected chi connectivity index (χ3v) is 9.43. The van der Waals surface area contributed by atoms with Crippen molar-refractivity contribution < 1.29 is 17.6 Å². The van der Waals surface area contributed by atoms with E-state index in [1.807, 2.05) is 4.90 Å². The quantitative estimate of drug-likeness (QED) is 0.683. The molecule has 1 amide bonds. The number of fused-ring (bicyclic) bond motifs is 2. The molecule has 0 N–H and O–H groups in total. The minimum Gasteiger partial charge on any atom is -0.408 e. The topological polar surface area (TPSA) is 92.8 Å². The number of sulfonamides is 1. The molecule has 0 bridgehead atoms. The predicted molar refractivity (Wildman–Crippen MR) is 120 cm³/mol. The van der Waals surface area contributed by atoms with Gasteiger partial charge >= 0.3 is 5.76 Å². The van der Waals surface area contributed by atoms with E-state index >= 15 is 0 Å². The Morgan fingerprint density at radius 1 is 1.00 bits per heavy atom. The van der Waals surface area contributed by atoms with Gasteiger partial charge in [-0.3, -0.25) is 9.36 Å². The lowest BCUT2D eigenvalue weighted by molar-refractivity contribution is -0.134. The number of aryl methyl sites for hydroxylation is 1. The van der Waals surface area contributed by atoms with Crippen LogP contribution in [0.4, 0.5) is 0 Å². The van der Waals surface area contributed by atoms with Crippen LogP contribution in [0.15, 0.2) is 32.3 Å². The summed E-state index contributed by atoms with van der Waals surface area (Å²) >= 11 is 0. The van der Waals surface area contributed by atoms with Gasteiger partial charge in [0.2, 0.25) is 15.9 Å². The van der Waals surface area contributed by atoms with E-state index in [1.54, 1.807) is 6.07 Å². The number of nitrogens with zero attached hydrogens (tertiary/aromatic N) is 3. The number of carbonyl (C=O) groups excluding carboxylic acids is 1. The van der Waals surface area contributed by atoms with Gasteiger partial charge in [-0.1, -0.05) is 19.3 Å². The summed E-state index contributed by atoms with van der Waals surface area (Å²) in [4.78, 5) is 27.4. The van der Waals surface area contributed by atoms with E-state index < -0.39 is 15.8 Å². The number of rotatable bonds is 5. The lowest BCUT2D eigenvalue weighted by Crippen LogP contribution is -2.45. The van der Waals surface area contributed by atoms with E-state index in [2.05, 4.69) is 0 Å². The Bertz CT molecular complexity index is 1160. The van der Waals surface area contributed by atoms with Gasteiger partial charge < -0.3 is 9.32 Å². The lowest BCUT2D eigenvalue weighted by atomic mass is 9.75. The van der Waals surface area contributed by atoms with E-state index in [1.165, 1.54) is 46.7 Å². The number of carbonyl (C=O) groups is 1. The van der Waals surface area contributed by atoms with Gasteiger partial charge in [-0.05, 0) is 49.7 Å². The second-order valence-electron chi connectivity index (χ2n) is 9.44. The molecule has 5 rings (SSSR count). The lowest BCUT2D eigenvalue weighted by Gasteiger charge is -2.41. The Labute approximate surface area is 188 Å². The van der Waals surface area contributed by atoms with Crippen LogP contribution < -0.4 is 5.76 Å². The molecule has 8 nitrogen and oxygen atoms in total. The van der Waals surface area contributed by atoms with Crippen LogP contribution in [0.3, 0.4) is 0 Å². The minimum atomic E-state index is -3.58. The summed E-state index contributed by atoms with van der Waals surface area (Å²) in [5, 5.41) is 0. The fourth-order valence-electron chi connectivity index (χ4n) is 5.69. The maximum absolute atomic E-state index is 12.8. The molecule has 2 aromatic rings. The molecule has 2 aliphatic heterocycles. The fourth-order valence-corrected chi connectivity index (χ4v) is 7.22. The summed E-state index contributed by atoms with van der Waals surface area (Å²) in [6.07, 6.45) is 8.11. The zero-order chi connectivity index (χ0) is 22.3. The molecular weight excluding hydrogens is 430 g/mol. The molecule has 1 aromatic heterocycles. The number of piperidine rings is 1. The number of hydrogen-bond acceptors (Lipinski definition) is 5. The fraction of sp³-hybridized carbons (Fsp3) is 0.652. The van der Waals surface area contributed by atoms with Crippen LogP contribution in [-0.2, 0) is 21.4 Å². The first-order valence-corrected chi connectivity index (χ1v) is 13.3. The summed E-state index contributed by atoms with van der Waals surface area (Å²) in [5.41, 5.74) is 0.764. The standard InChI is InChI=1S/C23H31N3O5S/c27-22(24-13-9-17-5-1-2-6-18(17)16-24)10-14-26-20-8-7-19(15-21(20)31-23(26)28)32(29,30)25-11-3-4-12-25/h7-8,15,17-18H,1-6,9-14,16H2. The molecule has 0 spiro atoms. The van der Waals surface area contributed by atoms with E-state index in [4.69, 9.17) is 4.42 Å². The first-order valence-electron chi connectivity index (χ1n) is 11.8. The van der Waals surface area contributed by atoms with Gasteiger partial charge in [-0.15, -0.1) is 0 Å². The second kappa shape index (κ2) is 8.67. The molecule has 32 heavy (non-hydrogen) atoms. The molecule has 2 atom stereocenters. The number of aromatic nitrogens is 1. The molecule has 9 heteroatoms. The summed E-state index contributed by atoms with van der Waals surface area (Å²) in [6.45, 7) is 2.91. The van der Waals surface area contributed by atoms with Gasteiger partial charge in [0.15, 0.2) is 5.58 Å². The third-order valence-electron chi connectivity index (χ3n) is 7.54. The molecule has 2 saturated heterocycles. The van der Waals surface area contributed by atoms with Crippen molar-refractivity contribution in [3.05, 3.63) is 28.7 Å². The molecule has 3 fully saturated rings. The normalized spacial score (nSPS) is 24.7. The Balaban J connectivity index is 1.29. The number of likely N-dealkylation sites (tertiary alicyclic amines) is 1. The van der Waals surface area contributed by atoms with Crippen LogP contribution in [-0.4, -0.2) is 54.3 Å². The average molecular weight is 462 g/mol. The van der Waals surface area contributed by atoms with Gasteiger partial charge in [0.05, 0.1) is 10.4 Å². The maximum Gasteiger partial charge on any atom is 0.419 e. The van der Waals surface area contributed by atoms with Crippen LogP contribution >= 0.6 is 0 Å². The third kappa shape index (κ3) is 4.01. The van der Waals surface area contributed by atoms with Gasteiger partial charge in [0, 0.05) is 45.2 Å². The average Bonchev–Trinajstić information content (AvgIpc) is 3.45. The van der Waals surface area contributed by atoms with Gasteiger partial charge in [0.25, 0.3) is 0 Å². The molecule has 0 radical (unpaired) electrons. The predicted octanol–water partition coefficient (Wildman–Crippen LogP) is 2.81. The van der Waals surface area contributed by atoms with Crippen molar-refractivity contribution >= 4 is 27.0 Å². The number of amides is 1. The van der Waals surface area contributed by atoms with Crippen molar-refractivity contribution in [3.63, 3.8) is 0 Å². The zero-order valence-corrected chi connectivity index (χ0v) is 19.2. The van der Waals surface area contributed by atoms with Crippen molar-refractivity contribution in [2.75, 3.05) is 26.2 Å². The van der Waals surface area contributed by atoms with Crippen molar-refractivity contribution in [1.29, 1.82) is 0 Å². The zero-order valence-electron chi connectivity index (χ0n) is 18.4. The van der Waals surface area contributed by atoms with Gasteiger partial charge in [0.1, 0.15) is 0 Å². The molecule has 1 aliphatic carbocycles. The second-order valence-corrected chi connectivity index (χ2v) is 11.4. The summed E-state index contributed by atoms with van der Waals surface area (Å²) in [6, 6.07) is 4.56. The van der Waals surface area contributed by atoms with Crippen LogP contribution in [0, 0.1) is 11.8 Å². The smallest absolute Gasteiger partial charge is 0.408 e. The van der Waals surface area contributed by atoms with Gasteiger partial charge in [-0.25, -0.2) is 13.2 Å². The highest BCUT2D eigenvalue weighted by Crippen LogP contribution is 2.36. The molecule has 3 aliphatic rings. The van der Waals surface area contributed by atoms with E-state index in [0.29, 0.717) is 24.5 Å². The summed E-state index contributed by atoms with van der Waals surface area (Å²) < 4.78 is 33.9. The molecule has 1 saturated carbocycles. The van der Waals surface area contributed by atoms with E-state index in [-0.39, 0.29) is 29.4 Å². The van der Waals surface area contributed by atoms with Crippen molar-refractivity contribution in [1.82, 2.24) is 13.8 Å². The molecule has 3 heterocycles. The highest BCUT2D eigenvalue weighted by Gasteiger charge is 2.33. The number of oxazole rings is 1.